The van der Waals surface area contributed by atoms with Gasteiger partial charge in [-0.05, 0) is 73.8 Å². The van der Waals surface area contributed by atoms with Crippen LogP contribution in [0.1, 0.15) is 42.8 Å². The summed E-state index contributed by atoms with van der Waals surface area (Å²) in [7, 11) is -2.53. The summed E-state index contributed by atoms with van der Waals surface area (Å²) in [5, 5.41) is 10.8. The van der Waals surface area contributed by atoms with E-state index in [0.29, 0.717) is 18.4 Å². The molecule has 0 atom stereocenters. The lowest BCUT2D eigenvalue weighted by Gasteiger charge is -2.27. The third-order valence-electron chi connectivity index (χ3n) is 6.86. The highest BCUT2D eigenvalue weighted by Crippen LogP contribution is 2.46. The number of halogens is 1. The number of nitriles is 1. The van der Waals surface area contributed by atoms with Crippen molar-refractivity contribution in [3.05, 3.63) is 76.9 Å². The normalized spacial score (nSPS) is 13.2. The van der Waals surface area contributed by atoms with Crippen LogP contribution in [-0.4, -0.2) is 29.1 Å². The Bertz CT molecular complexity index is 1640. The maximum absolute atomic E-state index is 13.9. The summed E-state index contributed by atoms with van der Waals surface area (Å²) in [5.41, 5.74) is 7.69. The fourth-order valence-corrected chi connectivity index (χ4v) is 5.88. The van der Waals surface area contributed by atoms with Crippen LogP contribution in [0.15, 0.2) is 53.5 Å². The molecule has 4 aromatic rings. The molecule has 0 fully saturated rings. The van der Waals surface area contributed by atoms with Crippen LogP contribution < -0.4 is 5.44 Å². The van der Waals surface area contributed by atoms with Gasteiger partial charge in [0.15, 0.2) is 0 Å². The van der Waals surface area contributed by atoms with E-state index in [1.165, 1.54) is 12.1 Å². The first-order valence-electron chi connectivity index (χ1n) is 11.9. The van der Waals surface area contributed by atoms with E-state index in [1.807, 2.05) is 25.3 Å². The summed E-state index contributed by atoms with van der Waals surface area (Å²) in [6, 6.07) is 17.0. The predicted octanol–water partition coefficient (Wildman–Crippen LogP) is 6.51. The molecule has 0 N–H and O–H groups in total. The Balaban J connectivity index is 1.94. The van der Waals surface area contributed by atoms with E-state index in [2.05, 4.69) is 41.6 Å². The molecule has 7 heteroatoms. The highest BCUT2D eigenvalue weighted by molar-refractivity contribution is 7.69. The van der Waals surface area contributed by atoms with Crippen molar-refractivity contribution in [3.63, 3.8) is 0 Å². The Labute approximate surface area is 210 Å². The topological polar surface area (TPSA) is 71.0 Å². The van der Waals surface area contributed by atoms with Crippen molar-refractivity contribution in [3.8, 4) is 22.9 Å². The molecular formula is C29H28FN4OP. The fraction of sp³-hybridized carbons (Fsp3) is 0.276. The molecule has 5 rings (SSSR count). The summed E-state index contributed by atoms with van der Waals surface area (Å²) >= 11 is 0. The van der Waals surface area contributed by atoms with Gasteiger partial charge in [-0.25, -0.2) is 9.37 Å². The van der Waals surface area contributed by atoms with Gasteiger partial charge in [0.05, 0.1) is 23.6 Å². The molecule has 0 bridgehead atoms. The molecule has 182 valence electrons. The molecule has 0 aliphatic carbocycles. The Kier molecular flexibility index (Phi) is 5.73. The van der Waals surface area contributed by atoms with Crippen molar-refractivity contribution in [1.82, 2.24) is 9.55 Å². The van der Waals surface area contributed by atoms with Gasteiger partial charge in [-0.3, -0.25) is 4.99 Å². The van der Waals surface area contributed by atoms with Crippen LogP contribution >= 0.6 is 7.14 Å². The van der Waals surface area contributed by atoms with Crippen LogP contribution in [0.4, 0.5) is 4.39 Å². The number of hydrogen-bond acceptors (Lipinski definition) is 4. The van der Waals surface area contributed by atoms with Gasteiger partial charge < -0.3 is 9.13 Å². The number of aromatic nitrogens is 2. The Hall–Kier alpha value is -3.55. The Morgan fingerprint density at radius 2 is 1.86 bits per heavy atom. The minimum Gasteiger partial charge on any atom is -0.318 e. The van der Waals surface area contributed by atoms with E-state index in [0.717, 1.165) is 50.2 Å². The summed E-state index contributed by atoms with van der Waals surface area (Å²) in [5.74, 6) is -0.305. The van der Waals surface area contributed by atoms with Crippen LogP contribution in [-0.2, 0) is 16.5 Å². The lowest BCUT2D eigenvalue weighted by atomic mass is 9.81. The van der Waals surface area contributed by atoms with Gasteiger partial charge in [-0.15, -0.1) is 0 Å². The van der Waals surface area contributed by atoms with Gasteiger partial charge in [-0.2, -0.15) is 5.26 Å². The van der Waals surface area contributed by atoms with E-state index in [4.69, 9.17) is 4.98 Å². The second kappa shape index (κ2) is 8.54. The predicted molar refractivity (Wildman–Crippen MR) is 145 cm³/mol. The number of nitrogens with zero attached hydrogens (tertiary/aromatic N) is 4. The van der Waals surface area contributed by atoms with Crippen molar-refractivity contribution in [1.29, 1.82) is 5.26 Å². The smallest absolute Gasteiger partial charge is 0.127 e. The largest absolute Gasteiger partial charge is 0.318 e. The van der Waals surface area contributed by atoms with E-state index >= 15 is 0 Å². The third kappa shape index (κ3) is 3.98. The van der Waals surface area contributed by atoms with Crippen molar-refractivity contribution < 1.29 is 8.96 Å². The number of aryl methyl sites for hydroxylation is 1. The number of rotatable bonds is 5. The maximum atomic E-state index is 13.9. The van der Waals surface area contributed by atoms with Crippen LogP contribution in [0, 0.1) is 24.1 Å². The second-order valence-electron chi connectivity index (χ2n) is 10.4. The summed E-state index contributed by atoms with van der Waals surface area (Å²) in [6.07, 6.45) is 2.18. The van der Waals surface area contributed by atoms with E-state index in [-0.39, 0.29) is 5.82 Å². The second-order valence-corrected chi connectivity index (χ2v) is 13.6. The number of aliphatic imine (C=N–C) groups is 1. The molecule has 1 aliphatic rings. The van der Waals surface area contributed by atoms with Crippen molar-refractivity contribution in [2.75, 3.05) is 13.3 Å². The monoisotopic (exact) mass is 498 g/mol. The van der Waals surface area contributed by atoms with Crippen LogP contribution in [0.5, 0.6) is 0 Å². The SMILES string of the molecule is Cc1nc(P(C)(C)=O)ccc1-c1c(C(C)(C)CC#N)n(-c2ccc(F)cc2)c2cc3c(cc12)CN=C3. The number of fused-ring (bicyclic) bond motifs is 2. The number of benzene rings is 2. The molecule has 2 aromatic carbocycles. The van der Waals surface area contributed by atoms with Crippen molar-refractivity contribution in [2.24, 2.45) is 4.99 Å². The molecule has 0 unspecified atom stereocenters. The highest BCUT2D eigenvalue weighted by Gasteiger charge is 2.33. The zero-order valence-corrected chi connectivity index (χ0v) is 22.0. The molecule has 5 nitrogen and oxygen atoms in total. The van der Waals surface area contributed by atoms with E-state index < -0.39 is 12.6 Å². The minimum atomic E-state index is -2.53. The summed E-state index contributed by atoms with van der Waals surface area (Å²) in [6.45, 7) is 10.1. The third-order valence-corrected chi connectivity index (χ3v) is 8.21. The molecule has 2 aromatic heterocycles. The first-order valence-corrected chi connectivity index (χ1v) is 14.5. The molecule has 0 amide bonds. The van der Waals surface area contributed by atoms with Gasteiger partial charge in [0, 0.05) is 51.6 Å². The van der Waals surface area contributed by atoms with Gasteiger partial charge >= 0.3 is 0 Å². The molecule has 0 spiro atoms. The molecule has 3 heterocycles. The zero-order chi connectivity index (χ0) is 25.8. The Morgan fingerprint density at radius 1 is 1.14 bits per heavy atom. The minimum absolute atomic E-state index is 0.294. The molecule has 36 heavy (non-hydrogen) atoms. The Morgan fingerprint density at radius 3 is 2.50 bits per heavy atom. The molecule has 1 aliphatic heterocycles. The van der Waals surface area contributed by atoms with E-state index in [9.17, 15) is 14.2 Å². The first-order chi connectivity index (χ1) is 17.0. The average molecular weight is 499 g/mol. The molecule has 0 saturated heterocycles. The number of pyridine rings is 1. The van der Waals surface area contributed by atoms with Gasteiger partial charge in [0.25, 0.3) is 0 Å². The standard InChI is InChI=1S/C29H28FN4OP/c1-18-23(10-11-26(33-18)36(4,5)35)27-24-14-19-16-32-17-20(19)15-25(24)34(22-8-6-21(30)7-9-22)28(27)29(2,3)12-13-31/h6-11,14-15,17H,12,16H2,1-5H3. The fourth-order valence-electron chi connectivity index (χ4n) is 5.06. The average Bonchev–Trinajstić information content (AvgIpc) is 3.39. The van der Waals surface area contributed by atoms with Gasteiger partial charge in [0.1, 0.15) is 13.0 Å². The summed E-state index contributed by atoms with van der Waals surface area (Å²) < 4.78 is 28.8. The molecule has 0 saturated carbocycles. The molecule has 0 radical (unpaired) electrons. The first kappa shape index (κ1) is 24.2. The van der Waals surface area contributed by atoms with Gasteiger partial charge in [-0.1, -0.05) is 19.9 Å². The van der Waals surface area contributed by atoms with Crippen LogP contribution in [0.3, 0.4) is 0 Å². The van der Waals surface area contributed by atoms with Crippen molar-refractivity contribution >= 4 is 29.7 Å². The quantitative estimate of drug-likeness (QED) is 0.295. The van der Waals surface area contributed by atoms with Crippen LogP contribution in [0.2, 0.25) is 0 Å². The summed E-state index contributed by atoms with van der Waals surface area (Å²) in [4.78, 5) is 9.21. The lowest BCUT2D eigenvalue weighted by Crippen LogP contribution is -2.22. The van der Waals surface area contributed by atoms with Gasteiger partial charge in [0.2, 0.25) is 0 Å². The van der Waals surface area contributed by atoms with E-state index in [1.54, 1.807) is 25.5 Å². The van der Waals surface area contributed by atoms with Crippen molar-refractivity contribution in [2.45, 2.75) is 39.2 Å². The van der Waals surface area contributed by atoms with Crippen LogP contribution in [0.25, 0.3) is 27.7 Å². The zero-order valence-electron chi connectivity index (χ0n) is 21.1. The molecular weight excluding hydrogens is 470 g/mol. The lowest BCUT2D eigenvalue weighted by molar-refractivity contribution is 0.516. The highest BCUT2D eigenvalue weighted by atomic mass is 31.2. The maximum Gasteiger partial charge on any atom is 0.127 e. The number of hydrogen-bond donors (Lipinski definition) is 0.